The van der Waals surface area contributed by atoms with Crippen LogP contribution in [0.15, 0.2) is 18.2 Å². The van der Waals surface area contributed by atoms with Crippen LogP contribution < -0.4 is 5.46 Å². The van der Waals surface area contributed by atoms with Crippen LogP contribution in [-0.2, 0) is 0 Å². The normalized spacial score (nSPS) is 10.2. The molecule has 0 aliphatic heterocycles. The van der Waals surface area contributed by atoms with E-state index in [-0.39, 0.29) is 11.0 Å². The van der Waals surface area contributed by atoms with Crippen LogP contribution in [0.2, 0.25) is 0 Å². The lowest BCUT2D eigenvalue weighted by Gasteiger charge is -2.16. The van der Waals surface area contributed by atoms with Gasteiger partial charge >= 0.3 is 7.12 Å². The summed E-state index contributed by atoms with van der Waals surface area (Å²) < 4.78 is 13.6. The van der Waals surface area contributed by atoms with Crippen molar-refractivity contribution in [3.63, 3.8) is 0 Å². The van der Waals surface area contributed by atoms with Crippen molar-refractivity contribution in [2.45, 2.75) is 13.3 Å². The summed E-state index contributed by atoms with van der Waals surface area (Å²) in [6.07, 6.45) is 0.789. The Bertz CT molecular complexity index is 412. The van der Waals surface area contributed by atoms with Crippen molar-refractivity contribution in [2.75, 3.05) is 13.6 Å². The molecule has 0 aliphatic carbocycles. The van der Waals surface area contributed by atoms with Gasteiger partial charge in [-0.25, -0.2) is 4.39 Å². The van der Waals surface area contributed by atoms with Gasteiger partial charge in [0, 0.05) is 13.6 Å². The predicted octanol–water partition coefficient (Wildman–Crippen LogP) is -0.0125. The minimum Gasteiger partial charge on any atom is -0.423 e. The quantitative estimate of drug-likeness (QED) is 0.726. The van der Waals surface area contributed by atoms with E-state index >= 15 is 0 Å². The van der Waals surface area contributed by atoms with E-state index in [1.807, 2.05) is 6.92 Å². The highest BCUT2D eigenvalue weighted by molar-refractivity contribution is 6.58. The van der Waals surface area contributed by atoms with Gasteiger partial charge in [-0.15, -0.1) is 0 Å². The molecule has 1 amide bonds. The molecule has 0 saturated carbocycles. The van der Waals surface area contributed by atoms with Crippen molar-refractivity contribution in [1.82, 2.24) is 4.90 Å². The van der Waals surface area contributed by atoms with Crippen molar-refractivity contribution in [3.8, 4) is 0 Å². The summed E-state index contributed by atoms with van der Waals surface area (Å²) >= 11 is 0. The Labute approximate surface area is 99.8 Å². The molecule has 0 spiro atoms. The van der Waals surface area contributed by atoms with Crippen LogP contribution in [0.5, 0.6) is 0 Å². The number of carbonyl (C=O) groups excluding carboxylic acids is 1. The SMILES string of the molecule is CCCN(C)C(=O)c1ccc(B(O)O)cc1F. The first-order valence-corrected chi connectivity index (χ1v) is 5.38. The lowest BCUT2D eigenvalue weighted by molar-refractivity contribution is 0.0790. The zero-order valence-electron chi connectivity index (χ0n) is 9.85. The van der Waals surface area contributed by atoms with E-state index in [1.165, 1.54) is 17.0 Å². The maximum absolute atomic E-state index is 13.6. The van der Waals surface area contributed by atoms with Crippen molar-refractivity contribution >= 4 is 18.5 Å². The smallest absolute Gasteiger partial charge is 0.423 e. The van der Waals surface area contributed by atoms with Crippen molar-refractivity contribution in [2.24, 2.45) is 0 Å². The highest BCUT2D eigenvalue weighted by Crippen LogP contribution is 2.08. The third-order valence-electron chi connectivity index (χ3n) is 2.43. The predicted molar refractivity (Wildman–Crippen MR) is 63.5 cm³/mol. The minimum atomic E-state index is -1.73. The van der Waals surface area contributed by atoms with E-state index < -0.39 is 18.8 Å². The first-order valence-electron chi connectivity index (χ1n) is 5.38. The second kappa shape index (κ2) is 5.79. The largest absolute Gasteiger partial charge is 0.488 e. The molecule has 0 unspecified atom stereocenters. The number of nitrogens with zero attached hydrogens (tertiary/aromatic N) is 1. The fourth-order valence-electron chi connectivity index (χ4n) is 1.51. The molecule has 2 N–H and O–H groups in total. The molecule has 0 aromatic heterocycles. The zero-order valence-corrected chi connectivity index (χ0v) is 9.85. The number of amides is 1. The molecule has 0 radical (unpaired) electrons. The summed E-state index contributed by atoms with van der Waals surface area (Å²) in [6.45, 7) is 2.47. The Morgan fingerprint density at radius 1 is 1.47 bits per heavy atom. The molecular weight excluding hydrogens is 224 g/mol. The summed E-state index contributed by atoms with van der Waals surface area (Å²) in [6, 6.07) is 3.54. The summed E-state index contributed by atoms with van der Waals surface area (Å²) in [5.74, 6) is -1.16. The molecule has 1 rings (SSSR count). The Kier molecular flexibility index (Phi) is 4.66. The van der Waals surface area contributed by atoms with Crippen LogP contribution in [0.4, 0.5) is 4.39 Å². The Balaban J connectivity index is 2.96. The Morgan fingerprint density at radius 2 is 2.12 bits per heavy atom. The van der Waals surface area contributed by atoms with Gasteiger partial charge in [-0.2, -0.15) is 0 Å². The van der Waals surface area contributed by atoms with E-state index in [0.29, 0.717) is 6.54 Å². The number of hydrogen-bond acceptors (Lipinski definition) is 3. The summed E-state index contributed by atoms with van der Waals surface area (Å²) in [5, 5.41) is 17.7. The monoisotopic (exact) mass is 239 g/mol. The summed E-state index contributed by atoms with van der Waals surface area (Å²) in [5.41, 5.74) is -0.0393. The summed E-state index contributed by atoms with van der Waals surface area (Å²) in [7, 11) is -0.137. The fourth-order valence-corrected chi connectivity index (χ4v) is 1.51. The number of carbonyl (C=O) groups is 1. The van der Waals surface area contributed by atoms with Gasteiger partial charge in [0.05, 0.1) is 5.56 Å². The van der Waals surface area contributed by atoms with Gasteiger partial charge in [0.2, 0.25) is 0 Å². The molecular formula is C11H15BFNO3. The van der Waals surface area contributed by atoms with Crippen molar-refractivity contribution in [3.05, 3.63) is 29.6 Å². The van der Waals surface area contributed by atoms with Crippen LogP contribution >= 0.6 is 0 Å². The molecule has 0 fully saturated rings. The highest BCUT2D eigenvalue weighted by atomic mass is 19.1. The molecule has 0 heterocycles. The Hall–Kier alpha value is -1.40. The van der Waals surface area contributed by atoms with Gasteiger partial charge in [-0.3, -0.25) is 4.79 Å². The van der Waals surface area contributed by atoms with E-state index in [1.54, 1.807) is 7.05 Å². The van der Waals surface area contributed by atoms with Crippen LogP contribution in [0.1, 0.15) is 23.7 Å². The molecule has 1 aromatic rings. The first kappa shape index (κ1) is 13.7. The third kappa shape index (κ3) is 3.28. The van der Waals surface area contributed by atoms with Crippen LogP contribution in [0.3, 0.4) is 0 Å². The van der Waals surface area contributed by atoms with Crippen molar-refractivity contribution < 1.29 is 19.2 Å². The molecule has 92 valence electrons. The second-order valence-corrected chi connectivity index (χ2v) is 3.84. The lowest BCUT2D eigenvalue weighted by Crippen LogP contribution is -2.32. The van der Waals surface area contributed by atoms with E-state index in [2.05, 4.69) is 0 Å². The minimum absolute atomic E-state index is 0.0252. The van der Waals surface area contributed by atoms with Gasteiger partial charge in [0.1, 0.15) is 5.82 Å². The number of halogens is 1. The van der Waals surface area contributed by atoms with Crippen LogP contribution in [0, 0.1) is 5.82 Å². The third-order valence-corrected chi connectivity index (χ3v) is 2.43. The molecule has 0 aliphatic rings. The highest BCUT2D eigenvalue weighted by Gasteiger charge is 2.19. The molecule has 17 heavy (non-hydrogen) atoms. The average molecular weight is 239 g/mol. The average Bonchev–Trinajstić information content (AvgIpc) is 2.28. The lowest BCUT2D eigenvalue weighted by atomic mass is 9.80. The molecule has 0 bridgehead atoms. The summed E-state index contributed by atoms with van der Waals surface area (Å²) in [4.78, 5) is 13.2. The van der Waals surface area contributed by atoms with Crippen molar-refractivity contribution in [1.29, 1.82) is 0 Å². The van der Waals surface area contributed by atoms with Crippen LogP contribution in [-0.4, -0.2) is 41.6 Å². The van der Waals surface area contributed by atoms with E-state index in [0.717, 1.165) is 12.5 Å². The number of rotatable bonds is 4. The molecule has 0 saturated heterocycles. The number of benzene rings is 1. The maximum atomic E-state index is 13.6. The van der Waals surface area contributed by atoms with Gasteiger partial charge < -0.3 is 14.9 Å². The van der Waals surface area contributed by atoms with Gasteiger partial charge in [-0.1, -0.05) is 13.0 Å². The van der Waals surface area contributed by atoms with Gasteiger partial charge in [0.25, 0.3) is 5.91 Å². The van der Waals surface area contributed by atoms with Crippen LogP contribution in [0.25, 0.3) is 0 Å². The number of hydrogen-bond donors (Lipinski definition) is 2. The Morgan fingerprint density at radius 3 is 2.59 bits per heavy atom. The van der Waals surface area contributed by atoms with Gasteiger partial charge in [0.15, 0.2) is 0 Å². The fraction of sp³-hybridized carbons (Fsp3) is 0.364. The topological polar surface area (TPSA) is 60.8 Å². The second-order valence-electron chi connectivity index (χ2n) is 3.84. The van der Waals surface area contributed by atoms with E-state index in [9.17, 15) is 9.18 Å². The molecule has 4 nitrogen and oxygen atoms in total. The molecule has 1 aromatic carbocycles. The maximum Gasteiger partial charge on any atom is 0.488 e. The standard InChI is InChI=1S/C11H15BFNO3/c1-3-6-14(2)11(15)9-5-4-8(12(16)17)7-10(9)13/h4-5,7,16-17H,3,6H2,1-2H3. The molecule has 6 heteroatoms. The first-order chi connectivity index (χ1) is 7.97. The van der Waals surface area contributed by atoms with Gasteiger partial charge in [-0.05, 0) is 24.0 Å². The zero-order chi connectivity index (χ0) is 13.0. The van der Waals surface area contributed by atoms with E-state index in [4.69, 9.17) is 10.0 Å². The molecule has 0 atom stereocenters.